The third-order valence-electron chi connectivity index (χ3n) is 3.72. The first-order valence-electron chi connectivity index (χ1n) is 6.83. The highest BCUT2D eigenvalue weighted by molar-refractivity contribution is 7.75. The Balaban J connectivity index is 2.03. The van der Waals surface area contributed by atoms with Crippen molar-refractivity contribution < 1.29 is 9.09 Å². The Bertz CT molecular complexity index is 856. The lowest BCUT2D eigenvalue weighted by Gasteiger charge is -2.28. The van der Waals surface area contributed by atoms with Gasteiger partial charge in [-0.25, -0.2) is 0 Å². The summed E-state index contributed by atoms with van der Waals surface area (Å²) >= 11 is 0. The minimum Gasteiger partial charge on any atom is -0.436 e. The van der Waals surface area contributed by atoms with Crippen LogP contribution in [0.2, 0.25) is 0 Å². The van der Waals surface area contributed by atoms with Gasteiger partial charge in [-0.05, 0) is 29.8 Å². The zero-order chi connectivity index (χ0) is 14.3. The van der Waals surface area contributed by atoms with Crippen molar-refractivity contribution in [3.63, 3.8) is 0 Å². The molecule has 3 heteroatoms. The van der Waals surface area contributed by atoms with Gasteiger partial charge in [-0.2, -0.15) is 0 Å². The molecule has 102 valence electrons. The van der Waals surface area contributed by atoms with Gasteiger partial charge >= 0.3 is 7.37 Å². The summed E-state index contributed by atoms with van der Waals surface area (Å²) in [5, 5.41) is 1.50. The van der Waals surface area contributed by atoms with Gasteiger partial charge in [-0.15, -0.1) is 0 Å². The van der Waals surface area contributed by atoms with Crippen molar-refractivity contribution in [2.45, 2.75) is 0 Å². The zero-order valence-electron chi connectivity index (χ0n) is 11.3. The van der Waals surface area contributed by atoms with E-state index in [0.717, 1.165) is 21.7 Å². The fourth-order valence-corrected chi connectivity index (χ4v) is 5.01. The van der Waals surface area contributed by atoms with Gasteiger partial charge in [0.2, 0.25) is 0 Å². The molecule has 1 aliphatic rings. The van der Waals surface area contributed by atoms with Crippen molar-refractivity contribution in [2.24, 2.45) is 0 Å². The second-order valence-electron chi connectivity index (χ2n) is 4.99. The summed E-state index contributed by atoms with van der Waals surface area (Å²) in [4.78, 5) is 0. The van der Waals surface area contributed by atoms with Crippen LogP contribution in [0.5, 0.6) is 5.75 Å². The van der Waals surface area contributed by atoms with Gasteiger partial charge in [0.15, 0.2) is 0 Å². The lowest BCUT2D eigenvalue weighted by molar-refractivity contribution is 0.501. The van der Waals surface area contributed by atoms with E-state index in [2.05, 4.69) is 0 Å². The largest absolute Gasteiger partial charge is 0.436 e. The van der Waals surface area contributed by atoms with Gasteiger partial charge in [-0.1, -0.05) is 54.6 Å². The summed E-state index contributed by atoms with van der Waals surface area (Å²) in [7, 11) is -3.09. The van der Waals surface area contributed by atoms with Crippen LogP contribution < -0.4 is 15.1 Å². The number of hydrogen-bond acceptors (Lipinski definition) is 2. The summed E-state index contributed by atoms with van der Waals surface area (Å²) in [5.74, 6) is 0.684. The first kappa shape index (κ1) is 12.4. The second-order valence-corrected chi connectivity index (χ2v) is 7.28. The Morgan fingerprint density at radius 1 is 0.667 bits per heavy atom. The minimum atomic E-state index is -3.09. The first-order valence-corrected chi connectivity index (χ1v) is 8.46. The molecule has 0 radical (unpaired) electrons. The van der Waals surface area contributed by atoms with Gasteiger partial charge < -0.3 is 4.52 Å². The van der Waals surface area contributed by atoms with Crippen molar-refractivity contribution in [1.82, 2.24) is 0 Å². The molecule has 0 aromatic heterocycles. The van der Waals surface area contributed by atoms with Crippen LogP contribution in [0.25, 0.3) is 11.1 Å². The molecule has 1 atom stereocenters. The summed E-state index contributed by atoms with van der Waals surface area (Å²) in [6, 6.07) is 25.0. The van der Waals surface area contributed by atoms with Gasteiger partial charge in [0.1, 0.15) is 5.75 Å². The topological polar surface area (TPSA) is 26.3 Å². The average molecular weight is 292 g/mol. The number of fused-ring (bicyclic) bond motifs is 3. The lowest BCUT2D eigenvalue weighted by atomic mass is 10.0. The SMILES string of the molecule is O=P1(c2ccccc2)Oc2ccccc2-c2ccccc21. The molecule has 1 unspecified atom stereocenters. The van der Waals surface area contributed by atoms with Crippen LogP contribution in [0.15, 0.2) is 78.9 Å². The van der Waals surface area contributed by atoms with Crippen LogP contribution >= 0.6 is 7.37 Å². The van der Waals surface area contributed by atoms with Crippen LogP contribution in [-0.4, -0.2) is 0 Å². The van der Waals surface area contributed by atoms with Crippen LogP contribution in [0.1, 0.15) is 0 Å². The summed E-state index contributed by atoms with van der Waals surface area (Å²) in [6.45, 7) is 0. The monoisotopic (exact) mass is 292 g/mol. The lowest BCUT2D eigenvalue weighted by Crippen LogP contribution is -2.25. The van der Waals surface area contributed by atoms with Gasteiger partial charge in [0.05, 0.1) is 10.6 Å². The molecule has 21 heavy (non-hydrogen) atoms. The van der Waals surface area contributed by atoms with Crippen molar-refractivity contribution in [1.29, 1.82) is 0 Å². The molecule has 0 saturated carbocycles. The average Bonchev–Trinajstić information content (AvgIpc) is 2.56. The number of benzene rings is 3. The third-order valence-corrected chi connectivity index (χ3v) is 6.18. The van der Waals surface area contributed by atoms with Crippen LogP contribution in [0.4, 0.5) is 0 Å². The van der Waals surface area contributed by atoms with E-state index in [4.69, 9.17) is 4.52 Å². The van der Waals surface area contributed by atoms with E-state index in [1.165, 1.54) is 0 Å². The van der Waals surface area contributed by atoms with Crippen molar-refractivity contribution in [2.75, 3.05) is 0 Å². The molecule has 0 saturated heterocycles. The van der Waals surface area contributed by atoms with Gasteiger partial charge in [0, 0.05) is 5.56 Å². The molecule has 3 aromatic rings. The smallest absolute Gasteiger partial charge is 0.307 e. The Hall–Kier alpha value is -2.31. The molecule has 0 N–H and O–H groups in total. The normalized spacial score (nSPS) is 19.2. The van der Waals surface area contributed by atoms with E-state index < -0.39 is 7.37 Å². The Kier molecular flexibility index (Phi) is 2.73. The Morgan fingerprint density at radius 2 is 1.29 bits per heavy atom. The number of para-hydroxylation sites is 1. The van der Waals surface area contributed by atoms with Crippen molar-refractivity contribution in [3.05, 3.63) is 78.9 Å². The van der Waals surface area contributed by atoms with E-state index in [-0.39, 0.29) is 0 Å². The summed E-state index contributed by atoms with van der Waals surface area (Å²) in [6.07, 6.45) is 0. The standard InChI is InChI=1S/C18H13O2P/c19-21(14-8-2-1-3-9-14)18-13-7-5-11-16(18)15-10-4-6-12-17(15)20-21/h1-13H. The highest BCUT2D eigenvalue weighted by Crippen LogP contribution is 2.53. The highest BCUT2D eigenvalue weighted by Gasteiger charge is 2.37. The molecular weight excluding hydrogens is 279 g/mol. The number of hydrogen-bond donors (Lipinski definition) is 0. The van der Waals surface area contributed by atoms with E-state index in [1.54, 1.807) is 0 Å². The second kappa shape index (κ2) is 4.61. The Morgan fingerprint density at radius 3 is 2.10 bits per heavy atom. The van der Waals surface area contributed by atoms with Crippen LogP contribution in [0.3, 0.4) is 0 Å². The summed E-state index contributed by atoms with van der Waals surface area (Å²) in [5.41, 5.74) is 1.99. The predicted molar refractivity (Wildman–Crippen MR) is 85.8 cm³/mol. The first-order chi connectivity index (χ1) is 10.3. The van der Waals surface area contributed by atoms with Gasteiger partial charge in [-0.3, -0.25) is 4.57 Å². The fraction of sp³-hybridized carbons (Fsp3) is 0. The molecule has 2 nitrogen and oxygen atoms in total. The third kappa shape index (κ3) is 1.84. The molecule has 0 fully saturated rings. The molecule has 4 rings (SSSR count). The van der Waals surface area contributed by atoms with E-state index in [1.807, 2.05) is 78.9 Å². The Labute approximate surface area is 123 Å². The molecule has 1 aliphatic heterocycles. The molecule has 0 aliphatic carbocycles. The fourth-order valence-electron chi connectivity index (χ4n) is 2.73. The molecule has 1 heterocycles. The molecule has 0 bridgehead atoms. The maximum absolute atomic E-state index is 13.6. The minimum absolute atomic E-state index is 0.684. The maximum Gasteiger partial charge on any atom is 0.307 e. The van der Waals surface area contributed by atoms with E-state index in [9.17, 15) is 4.57 Å². The molecule has 3 aromatic carbocycles. The zero-order valence-corrected chi connectivity index (χ0v) is 12.2. The van der Waals surface area contributed by atoms with Crippen molar-refractivity contribution in [3.8, 4) is 16.9 Å². The maximum atomic E-state index is 13.6. The van der Waals surface area contributed by atoms with Crippen LogP contribution in [-0.2, 0) is 4.57 Å². The quantitative estimate of drug-likeness (QED) is 0.634. The summed E-state index contributed by atoms with van der Waals surface area (Å²) < 4.78 is 19.6. The predicted octanol–water partition coefficient (Wildman–Crippen LogP) is 3.97. The van der Waals surface area contributed by atoms with Crippen LogP contribution in [0, 0.1) is 0 Å². The molecule has 0 amide bonds. The van der Waals surface area contributed by atoms with E-state index in [0.29, 0.717) is 5.75 Å². The highest BCUT2D eigenvalue weighted by atomic mass is 31.2. The van der Waals surface area contributed by atoms with E-state index >= 15 is 0 Å². The van der Waals surface area contributed by atoms with Gasteiger partial charge in [0.25, 0.3) is 0 Å². The number of rotatable bonds is 1. The van der Waals surface area contributed by atoms with Crippen molar-refractivity contribution >= 4 is 18.0 Å². The molecular formula is C18H13O2P. The molecule has 0 spiro atoms.